The third kappa shape index (κ3) is 5.95. The molecule has 6 heteroatoms. The monoisotopic (exact) mass is 338 g/mol. The summed E-state index contributed by atoms with van der Waals surface area (Å²) in [6.45, 7) is 3.82. The fraction of sp³-hybridized carbons (Fsp3) is 0.588. The van der Waals surface area contributed by atoms with Crippen molar-refractivity contribution >= 4 is 17.7 Å². The second-order valence-electron chi connectivity index (χ2n) is 5.55. The number of carbonyl (C=O) groups excluding carboxylic acids is 1. The first-order valence-electron chi connectivity index (χ1n) is 8.24. The van der Waals surface area contributed by atoms with Crippen LogP contribution in [0.25, 0.3) is 0 Å². The highest BCUT2D eigenvalue weighted by molar-refractivity contribution is 7.99. The minimum absolute atomic E-state index is 0.0709. The number of hydrogen-bond acceptors (Lipinski definition) is 5. The number of nitrogens with one attached hydrogen (secondary N) is 1. The number of hydrogen-bond donors (Lipinski definition) is 2. The molecule has 3 N–H and O–H groups in total. The number of fused-ring (bicyclic) bond motifs is 1. The van der Waals surface area contributed by atoms with Crippen molar-refractivity contribution < 1.29 is 14.3 Å². The zero-order valence-electron chi connectivity index (χ0n) is 13.7. The molecule has 1 aliphatic heterocycles. The van der Waals surface area contributed by atoms with E-state index >= 15 is 0 Å². The number of unbranched alkanes of at least 4 members (excludes halogenated alkanes) is 1. The summed E-state index contributed by atoms with van der Waals surface area (Å²) in [6.07, 6.45) is 3.65. The van der Waals surface area contributed by atoms with Gasteiger partial charge in [0.2, 0.25) is 5.91 Å². The van der Waals surface area contributed by atoms with Crippen molar-refractivity contribution in [3.63, 3.8) is 0 Å². The van der Waals surface area contributed by atoms with Crippen molar-refractivity contribution in [2.45, 2.75) is 43.5 Å². The van der Waals surface area contributed by atoms with Crippen LogP contribution in [0.4, 0.5) is 0 Å². The van der Waals surface area contributed by atoms with Crippen LogP contribution in [-0.2, 0) is 4.79 Å². The minimum atomic E-state index is 0.0709. The van der Waals surface area contributed by atoms with Crippen molar-refractivity contribution in [2.75, 3.05) is 25.5 Å². The van der Waals surface area contributed by atoms with Crippen molar-refractivity contribution in [1.29, 1.82) is 0 Å². The minimum Gasteiger partial charge on any atom is -0.486 e. The van der Waals surface area contributed by atoms with Crippen molar-refractivity contribution in [3.8, 4) is 11.5 Å². The lowest BCUT2D eigenvalue weighted by molar-refractivity contribution is -0.121. The first-order valence-corrected chi connectivity index (χ1v) is 9.23. The summed E-state index contributed by atoms with van der Waals surface area (Å²) >= 11 is 1.65. The average Bonchev–Trinajstić information content (AvgIpc) is 2.58. The number of benzene rings is 1. The van der Waals surface area contributed by atoms with Crippen LogP contribution in [0.15, 0.2) is 23.1 Å². The molecular weight excluding hydrogens is 312 g/mol. The number of amides is 1. The molecule has 0 spiro atoms. The van der Waals surface area contributed by atoms with Gasteiger partial charge >= 0.3 is 0 Å². The molecule has 2 rings (SSSR count). The number of carbonyl (C=O) groups is 1. The predicted molar refractivity (Wildman–Crippen MR) is 93.3 cm³/mol. The van der Waals surface area contributed by atoms with E-state index in [0.717, 1.165) is 41.4 Å². The van der Waals surface area contributed by atoms with Crippen molar-refractivity contribution in [3.05, 3.63) is 18.2 Å². The maximum atomic E-state index is 12.0. The fourth-order valence-corrected chi connectivity index (χ4v) is 3.25. The molecule has 0 radical (unpaired) electrons. The number of nitrogens with two attached hydrogens (primary N) is 1. The van der Waals surface area contributed by atoms with E-state index in [0.29, 0.717) is 26.2 Å². The zero-order valence-corrected chi connectivity index (χ0v) is 14.5. The third-order valence-electron chi connectivity index (χ3n) is 3.67. The SMILES string of the molecule is CCCCC(CN)NC(=O)CCSc1ccc2c(c1)OCCO2. The van der Waals surface area contributed by atoms with Crippen molar-refractivity contribution in [1.82, 2.24) is 5.32 Å². The first-order chi connectivity index (χ1) is 11.2. The van der Waals surface area contributed by atoms with Gasteiger partial charge in [0.05, 0.1) is 0 Å². The Balaban J connectivity index is 1.72. The molecule has 128 valence electrons. The Morgan fingerprint density at radius 2 is 2.13 bits per heavy atom. The molecule has 0 saturated carbocycles. The van der Waals surface area contributed by atoms with Crippen LogP contribution >= 0.6 is 11.8 Å². The second-order valence-corrected chi connectivity index (χ2v) is 6.71. The molecule has 1 aromatic carbocycles. The summed E-state index contributed by atoms with van der Waals surface area (Å²) in [7, 11) is 0. The molecule has 1 aromatic rings. The molecule has 0 aliphatic carbocycles. The highest BCUT2D eigenvalue weighted by Crippen LogP contribution is 2.34. The Morgan fingerprint density at radius 1 is 1.35 bits per heavy atom. The third-order valence-corrected chi connectivity index (χ3v) is 4.66. The van der Waals surface area contributed by atoms with Crippen LogP contribution in [0.5, 0.6) is 11.5 Å². The summed E-state index contributed by atoms with van der Waals surface area (Å²) in [6, 6.07) is 5.99. The van der Waals surface area contributed by atoms with Gasteiger partial charge in [-0.15, -0.1) is 11.8 Å². The number of ether oxygens (including phenoxy) is 2. The summed E-state index contributed by atoms with van der Waals surface area (Å²) in [5.41, 5.74) is 5.70. The summed E-state index contributed by atoms with van der Waals surface area (Å²) in [4.78, 5) is 13.1. The Labute approximate surface area is 142 Å². The van der Waals surface area contributed by atoms with E-state index < -0.39 is 0 Å². The molecule has 0 saturated heterocycles. The molecule has 1 unspecified atom stereocenters. The normalized spacial score (nSPS) is 14.3. The van der Waals surface area contributed by atoms with Crippen molar-refractivity contribution in [2.24, 2.45) is 5.73 Å². The van der Waals surface area contributed by atoms with Crippen LogP contribution < -0.4 is 20.5 Å². The maximum Gasteiger partial charge on any atom is 0.221 e. The Hall–Kier alpha value is -1.40. The number of rotatable bonds is 9. The standard InChI is InChI=1S/C17H26N2O3S/c1-2-3-4-13(12-18)19-17(20)7-10-23-14-5-6-15-16(11-14)22-9-8-21-15/h5-6,11,13H,2-4,7-10,12,18H2,1H3,(H,19,20). The molecule has 0 fully saturated rings. The van der Waals surface area contributed by atoms with Gasteiger partial charge < -0.3 is 20.5 Å². The topological polar surface area (TPSA) is 73.6 Å². The first kappa shape index (κ1) is 17.9. The predicted octanol–water partition coefficient (Wildman–Crippen LogP) is 2.57. The highest BCUT2D eigenvalue weighted by atomic mass is 32.2. The molecule has 1 atom stereocenters. The van der Waals surface area contributed by atoms with Crippen LogP contribution in [0, 0.1) is 0 Å². The molecule has 1 amide bonds. The van der Waals surface area contributed by atoms with Crippen LogP contribution in [0.2, 0.25) is 0 Å². The maximum absolute atomic E-state index is 12.0. The van der Waals surface area contributed by atoms with Crippen LogP contribution in [0.3, 0.4) is 0 Å². The zero-order chi connectivity index (χ0) is 16.5. The van der Waals surface area contributed by atoms with Gasteiger partial charge in [-0.05, 0) is 24.6 Å². The lowest BCUT2D eigenvalue weighted by Crippen LogP contribution is -2.40. The van der Waals surface area contributed by atoms with E-state index in [1.165, 1.54) is 0 Å². The summed E-state index contributed by atoms with van der Waals surface area (Å²) in [5, 5.41) is 3.02. The van der Waals surface area contributed by atoms with E-state index in [1.807, 2.05) is 18.2 Å². The van der Waals surface area contributed by atoms with E-state index in [2.05, 4.69) is 12.2 Å². The van der Waals surface area contributed by atoms with Gasteiger partial charge in [-0.2, -0.15) is 0 Å². The number of thioether (sulfide) groups is 1. The van der Waals surface area contributed by atoms with Gasteiger partial charge in [0.15, 0.2) is 11.5 Å². The van der Waals surface area contributed by atoms with Gasteiger partial charge in [0.25, 0.3) is 0 Å². The summed E-state index contributed by atoms with van der Waals surface area (Å²) < 4.78 is 11.1. The quantitative estimate of drug-likeness (QED) is 0.677. The van der Waals surface area contributed by atoms with Gasteiger partial charge in [-0.25, -0.2) is 0 Å². The summed E-state index contributed by atoms with van der Waals surface area (Å²) in [5.74, 6) is 2.38. The van der Waals surface area contributed by atoms with Gasteiger partial charge in [0, 0.05) is 29.7 Å². The van der Waals surface area contributed by atoms with Crippen LogP contribution in [0.1, 0.15) is 32.6 Å². The Kier molecular flexibility index (Phi) is 7.55. The Bertz CT molecular complexity index is 511. The molecule has 1 heterocycles. The molecule has 23 heavy (non-hydrogen) atoms. The Morgan fingerprint density at radius 3 is 2.87 bits per heavy atom. The largest absolute Gasteiger partial charge is 0.486 e. The highest BCUT2D eigenvalue weighted by Gasteiger charge is 2.13. The van der Waals surface area contributed by atoms with E-state index in [9.17, 15) is 4.79 Å². The van der Waals surface area contributed by atoms with E-state index in [1.54, 1.807) is 11.8 Å². The molecule has 5 nitrogen and oxygen atoms in total. The lowest BCUT2D eigenvalue weighted by atomic mass is 10.1. The molecule has 0 bridgehead atoms. The fourth-order valence-electron chi connectivity index (χ4n) is 2.37. The molecule has 0 aromatic heterocycles. The van der Waals surface area contributed by atoms with E-state index in [4.69, 9.17) is 15.2 Å². The van der Waals surface area contributed by atoms with Crippen LogP contribution in [-0.4, -0.2) is 37.5 Å². The lowest BCUT2D eigenvalue weighted by Gasteiger charge is -2.19. The van der Waals surface area contributed by atoms with Gasteiger partial charge in [0.1, 0.15) is 13.2 Å². The molecule has 1 aliphatic rings. The molecular formula is C17H26N2O3S. The average molecular weight is 338 g/mol. The van der Waals surface area contributed by atoms with Gasteiger partial charge in [-0.1, -0.05) is 19.8 Å². The smallest absolute Gasteiger partial charge is 0.221 e. The van der Waals surface area contributed by atoms with Gasteiger partial charge in [-0.3, -0.25) is 4.79 Å². The second kappa shape index (κ2) is 9.67. The van der Waals surface area contributed by atoms with E-state index in [-0.39, 0.29) is 11.9 Å².